The quantitative estimate of drug-likeness (QED) is 0.262. The summed E-state index contributed by atoms with van der Waals surface area (Å²) in [6, 6.07) is 5.94. The molecule has 0 heterocycles. The van der Waals surface area contributed by atoms with Crippen LogP contribution in [0.25, 0.3) is 0 Å². The Labute approximate surface area is 117 Å². The van der Waals surface area contributed by atoms with E-state index in [1.165, 1.54) is 12.1 Å². The zero-order valence-electron chi connectivity index (χ0n) is 10.1. The number of carbonyl (C=O) groups excluding carboxylic acids is 1. The van der Waals surface area contributed by atoms with Gasteiger partial charge in [-0.3, -0.25) is 4.79 Å². The fraction of sp³-hybridized carbons (Fsp3) is 0.0909. The highest BCUT2D eigenvalue weighted by Crippen LogP contribution is 2.19. The summed E-state index contributed by atoms with van der Waals surface area (Å²) >= 11 is 1.15. The van der Waals surface area contributed by atoms with E-state index in [0.717, 1.165) is 11.8 Å². The second-order valence-corrected chi connectivity index (χ2v) is 4.53. The topological polar surface area (TPSA) is 146 Å². The maximum absolute atomic E-state index is 10.9. The molecule has 0 bridgehead atoms. The fourth-order valence-electron chi connectivity index (χ4n) is 1.24. The second kappa shape index (κ2) is 7.14. The largest absolute Gasteiger partial charge is 0.478 e. The number of carboxylic acid groups (broad SMARTS) is 1. The van der Waals surface area contributed by atoms with Crippen LogP contribution in [0.1, 0.15) is 10.4 Å². The van der Waals surface area contributed by atoms with E-state index < -0.39 is 17.6 Å². The van der Waals surface area contributed by atoms with Crippen molar-refractivity contribution in [2.45, 2.75) is 4.90 Å². The molecule has 8 nitrogen and oxygen atoms in total. The number of hydrogen-bond acceptors (Lipinski definition) is 7. The standard InChI is InChI=1S/C11H11N3O5S/c12-10(15)9(14-19)8(13-18)5-20-7-3-1-6(2-4-7)11(16)17/h1-4,18-19H,5H2,(H2,12,15)(H,16,17)/b13-8-,14-9?. The van der Waals surface area contributed by atoms with Gasteiger partial charge < -0.3 is 21.3 Å². The molecule has 1 aromatic carbocycles. The molecule has 0 spiro atoms. The van der Waals surface area contributed by atoms with Gasteiger partial charge in [-0.05, 0) is 24.3 Å². The lowest BCUT2D eigenvalue weighted by molar-refractivity contribution is -0.111. The van der Waals surface area contributed by atoms with Gasteiger partial charge in [0.15, 0.2) is 5.71 Å². The third-order valence-corrected chi connectivity index (χ3v) is 3.23. The molecule has 0 radical (unpaired) electrons. The number of thioether (sulfide) groups is 1. The summed E-state index contributed by atoms with van der Waals surface area (Å²) in [4.78, 5) is 22.3. The Morgan fingerprint density at radius 1 is 1.15 bits per heavy atom. The average molecular weight is 297 g/mol. The summed E-state index contributed by atoms with van der Waals surface area (Å²) < 4.78 is 0. The van der Waals surface area contributed by atoms with E-state index in [1.54, 1.807) is 12.1 Å². The van der Waals surface area contributed by atoms with Crippen molar-refractivity contribution in [3.8, 4) is 0 Å². The lowest BCUT2D eigenvalue weighted by Crippen LogP contribution is -2.32. The van der Waals surface area contributed by atoms with Crippen molar-refractivity contribution in [2.75, 3.05) is 5.75 Å². The van der Waals surface area contributed by atoms with Crippen molar-refractivity contribution in [1.29, 1.82) is 0 Å². The predicted octanol–water partition coefficient (Wildman–Crippen LogP) is 0.623. The minimum absolute atomic E-state index is 0.0191. The molecule has 1 rings (SSSR count). The van der Waals surface area contributed by atoms with Gasteiger partial charge in [0.1, 0.15) is 5.71 Å². The van der Waals surface area contributed by atoms with Crippen molar-refractivity contribution < 1.29 is 25.1 Å². The minimum atomic E-state index is -1.04. The Morgan fingerprint density at radius 3 is 2.15 bits per heavy atom. The number of nitrogens with two attached hydrogens (primary N) is 1. The molecule has 9 heteroatoms. The number of nitrogens with zero attached hydrogens (tertiary/aromatic N) is 2. The van der Waals surface area contributed by atoms with Crippen LogP contribution in [-0.4, -0.2) is 44.6 Å². The van der Waals surface area contributed by atoms with Gasteiger partial charge in [0.2, 0.25) is 0 Å². The van der Waals surface area contributed by atoms with Gasteiger partial charge in [-0.2, -0.15) is 0 Å². The first-order valence-electron chi connectivity index (χ1n) is 5.19. The number of carboxylic acids is 1. The van der Waals surface area contributed by atoms with E-state index in [9.17, 15) is 9.59 Å². The molecule has 0 fully saturated rings. The monoisotopic (exact) mass is 297 g/mol. The van der Waals surface area contributed by atoms with Crippen LogP contribution in [0.4, 0.5) is 0 Å². The third-order valence-electron chi connectivity index (χ3n) is 2.20. The molecule has 5 N–H and O–H groups in total. The van der Waals surface area contributed by atoms with Crippen LogP contribution in [-0.2, 0) is 4.79 Å². The van der Waals surface area contributed by atoms with Gasteiger partial charge in [-0.15, -0.1) is 11.8 Å². The van der Waals surface area contributed by atoms with Gasteiger partial charge in [0.25, 0.3) is 5.91 Å². The first-order valence-corrected chi connectivity index (χ1v) is 6.17. The van der Waals surface area contributed by atoms with Crippen LogP contribution >= 0.6 is 11.8 Å². The summed E-state index contributed by atoms with van der Waals surface area (Å²) in [7, 11) is 0. The maximum Gasteiger partial charge on any atom is 0.335 e. The molecule has 0 saturated heterocycles. The molecule has 1 amide bonds. The van der Waals surface area contributed by atoms with Crippen molar-refractivity contribution in [3.63, 3.8) is 0 Å². The average Bonchev–Trinajstić information content (AvgIpc) is 2.43. The number of amides is 1. The molecule has 0 aliphatic heterocycles. The number of oxime groups is 2. The summed E-state index contributed by atoms with van der Waals surface area (Å²) in [5.41, 5.74) is 4.36. The SMILES string of the molecule is NC(=O)C(=NO)/C(CSc1ccc(C(=O)O)cc1)=N\O. The van der Waals surface area contributed by atoms with Gasteiger partial charge in [0, 0.05) is 10.6 Å². The van der Waals surface area contributed by atoms with E-state index in [4.69, 9.17) is 21.3 Å². The second-order valence-electron chi connectivity index (χ2n) is 3.48. The zero-order valence-corrected chi connectivity index (χ0v) is 10.9. The van der Waals surface area contributed by atoms with Crippen molar-refractivity contribution in [2.24, 2.45) is 16.0 Å². The Bertz CT molecular complexity index is 568. The highest BCUT2D eigenvalue weighted by Gasteiger charge is 2.17. The molecule has 0 unspecified atom stereocenters. The lowest BCUT2D eigenvalue weighted by atomic mass is 10.2. The van der Waals surface area contributed by atoms with E-state index in [-0.39, 0.29) is 17.0 Å². The van der Waals surface area contributed by atoms with Crippen LogP contribution in [0.3, 0.4) is 0 Å². The van der Waals surface area contributed by atoms with Crippen molar-refractivity contribution >= 4 is 35.1 Å². The number of aromatic carboxylic acids is 1. The number of hydrogen-bond donors (Lipinski definition) is 4. The van der Waals surface area contributed by atoms with E-state index in [2.05, 4.69) is 10.3 Å². The summed E-state index contributed by atoms with van der Waals surface area (Å²) in [5, 5.41) is 31.6. The Morgan fingerprint density at radius 2 is 1.75 bits per heavy atom. The lowest BCUT2D eigenvalue weighted by Gasteiger charge is -2.04. The van der Waals surface area contributed by atoms with Gasteiger partial charge in [-0.25, -0.2) is 4.79 Å². The van der Waals surface area contributed by atoms with E-state index >= 15 is 0 Å². The molecule has 0 aromatic heterocycles. The minimum Gasteiger partial charge on any atom is -0.478 e. The summed E-state index contributed by atoms with van der Waals surface area (Å²) in [5.74, 6) is -2.05. The molecule has 0 aliphatic carbocycles. The highest BCUT2D eigenvalue weighted by molar-refractivity contribution is 8.00. The first kappa shape index (κ1) is 15.5. The van der Waals surface area contributed by atoms with Gasteiger partial charge in [0.05, 0.1) is 5.56 Å². The molecular formula is C11H11N3O5S. The number of rotatable bonds is 6. The third kappa shape index (κ3) is 3.99. The van der Waals surface area contributed by atoms with Gasteiger partial charge >= 0.3 is 5.97 Å². The van der Waals surface area contributed by atoms with Crippen molar-refractivity contribution in [3.05, 3.63) is 29.8 Å². The van der Waals surface area contributed by atoms with Crippen LogP contribution in [0.5, 0.6) is 0 Å². The zero-order chi connectivity index (χ0) is 15.1. The molecule has 106 valence electrons. The molecule has 20 heavy (non-hydrogen) atoms. The number of benzene rings is 1. The van der Waals surface area contributed by atoms with Crippen molar-refractivity contribution in [1.82, 2.24) is 0 Å². The molecule has 0 atom stereocenters. The van der Waals surface area contributed by atoms with Crippen LogP contribution in [0.15, 0.2) is 39.5 Å². The Kier molecular flexibility index (Phi) is 5.54. The summed E-state index contributed by atoms with van der Waals surface area (Å²) in [6.45, 7) is 0. The Balaban J connectivity index is 2.75. The number of carbonyl (C=O) groups is 2. The molecule has 0 aliphatic rings. The summed E-state index contributed by atoms with van der Waals surface area (Å²) in [6.07, 6.45) is 0. The van der Waals surface area contributed by atoms with Crippen LogP contribution < -0.4 is 5.73 Å². The highest BCUT2D eigenvalue weighted by atomic mass is 32.2. The van der Waals surface area contributed by atoms with Gasteiger partial charge in [-0.1, -0.05) is 10.3 Å². The smallest absolute Gasteiger partial charge is 0.335 e. The first-order chi connectivity index (χ1) is 9.49. The predicted molar refractivity (Wildman–Crippen MR) is 71.8 cm³/mol. The molecule has 1 aromatic rings. The maximum atomic E-state index is 10.9. The van der Waals surface area contributed by atoms with Crippen LogP contribution in [0.2, 0.25) is 0 Å². The van der Waals surface area contributed by atoms with E-state index in [0.29, 0.717) is 4.90 Å². The fourth-order valence-corrected chi connectivity index (χ4v) is 2.07. The molecule has 0 saturated carbocycles. The normalized spacial score (nSPS) is 12.2. The number of primary amides is 1. The molecular weight excluding hydrogens is 286 g/mol. The van der Waals surface area contributed by atoms with Crippen LogP contribution in [0, 0.1) is 0 Å². The Hall–Kier alpha value is -2.55. The van der Waals surface area contributed by atoms with E-state index in [1.807, 2.05) is 0 Å².